The van der Waals surface area contributed by atoms with Gasteiger partial charge in [0.1, 0.15) is 0 Å². The van der Waals surface area contributed by atoms with Crippen LogP contribution in [0.4, 0.5) is 0 Å². The summed E-state index contributed by atoms with van der Waals surface area (Å²) < 4.78 is 5.79. The van der Waals surface area contributed by atoms with Gasteiger partial charge in [-0.25, -0.2) is 0 Å². The Morgan fingerprint density at radius 3 is 2.42 bits per heavy atom. The summed E-state index contributed by atoms with van der Waals surface area (Å²) in [5.41, 5.74) is 0.982. The van der Waals surface area contributed by atoms with E-state index in [4.69, 9.17) is 4.52 Å². The van der Waals surface area contributed by atoms with Crippen LogP contribution in [0.3, 0.4) is 0 Å². The third kappa shape index (κ3) is 2.26. The second kappa shape index (κ2) is 3.41. The van der Waals surface area contributed by atoms with Gasteiger partial charge in [-0.1, -0.05) is 0 Å². The van der Waals surface area contributed by atoms with Crippen molar-refractivity contribution in [2.75, 3.05) is 0 Å². The molecule has 0 aliphatic carbocycles. The standard InChI is InChI=1S/C8H14NOSi.Li/c1-7-5-8(10-9-7)6-11(2,3)4;/h5-6H,1-4H3;. The number of aryl methyl sites for hydroxylation is 1. The second-order valence-corrected chi connectivity index (χ2v) is 10.1. The van der Waals surface area contributed by atoms with Crippen LogP contribution in [0.15, 0.2) is 10.6 Å². The average molecular weight is 175 g/mol. The summed E-state index contributed by atoms with van der Waals surface area (Å²) in [7, 11) is -1.12. The second-order valence-electron chi connectivity index (χ2n) is 4.46. The van der Waals surface area contributed by atoms with Gasteiger partial charge in [-0.3, -0.25) is 0 Å². The Bertz CT molecular complexity index is 266. The van der Waals surface area contributed by atoms with Gasteiger partial charge in [-0.15, -0.1) is 0 Å². The van der Waals surface area contributed by atoms with Gasteiger partial charge in [0.25, 0.3) is 0 Å². The molecule has 1 aromatic rings. The fourth-order valence-corrected chi connectivity index (χ4v) is 2.00. The van der Waals surface area contributed by atoms with E-state index in [1.54, 1.807) is 0 Å². The van der Waals surface area contributed by atoms with Crippen molar-refractivity contribution in [3.8, 4) is 0 Å². The van der Waals surface area contributed by atoms with Gasteiger partial charge >= 0.3 is 83.8 Å². The van der Waals surface area contributed by atoms with E-state index in [1.807, 2.05) is 13.0 Å². The van der Waals surface area contributed by atoms with Crippen LogP contribution >= 0.6 is 0 Å². The third-order valence-electron chi connectivity index (χ3n) is 2.37. The molecule has 1 heterocycles. The first-order valence-corrected chi connectivity index (χ1v) is 7.92. The van der Waals surface area contributed by atoms with E-state index in [1.165, 1.54) is 0 Å². The van der Waals surface area contributed by atoms with Crippen molar-refractivity contribution >= 4 is 25.8 Å². The predicted molar refractivity (Wildman–Crippen MR) is 53.1 cm³/mol. The number of hydrogen-bond donors (Lipinski definition) is 0. The van der Waals surface area contributed by atoms with Gasteiger partial charge in [-0.05, 0) is 0 Å². The van der Waals surface area contributed by atoms with E-state index < -0.39 is 8.07 Å². The van der Waals surface area contributed by atoms with Crippen LogP contribution in [0.5, 0.6) is 0 Å². The minimum absolute atomic E-state index is 0.554. The number of rotatable bonds is 2. The molecule has 4 heteroatoms. The predicted octanol–water partition coefficient (Wildman–Crippen LogP) is 2.07. The molecule has 0 aliphatic heterocycles. The first-order valence-electron chi connectivity index (χ1n) is 4.34. The van der Waals surface area contributed by atoms with Crippen LogP contribution in [-0.4, -0.2) is 30.9 Å². The Hall–Kier alpha value is 0.0243. The van der Waals surface area contributed by atoms with Crippen LogP contribution in [0.2, 0.25) is 19.6 Å². The van der Waals surface area contributed by atoms with Crippen LogP contribution < -0.4 is 0 Å². The SMILES string of the molecule is [Li][CH](c1cc(C)no1)[Si](C)(C)C. The molecule has 0 aromatic carbocycles. The summed E-state index contributed by atoms with van der Waals surface area (Å²) in [5, 5.41) is 3.90. The van der Waals surface area contributed by atoms with Crippen molar-refractivity contribution < 1.29 is 4.52 Å². The van der Waals surface area contributed by atoms with Crippen molar-refractivity contribution in [3.05, 3.63) is 17.5 Å². The zero-order chi connectivity index (χ0) is 9.35. The molecule has 0 saturated carbocycles. The summed E-state index contributed by atoms with van der Waals surface area (Å²) in [4.78, 5) is 0. The first-order chi connectivity index (χ1) is 5.41. The summed E-state index contributed by atoms with van der Waals surface area (Å²) in [6.45, 7) is 8.99. The Morgan fingerprint density at radius 2 is 2.08 bits per heavy atom. The van der Waals surface area contributed by atoms with E-state index in [9.17, 15) is 0 Å². The van der Waals surface area contributed by atoms with Crippen LogP contribution in [-0.2, 0) is 0 Å². The maximum absolute atomic E-state index is 5.24. The Labute approximate surface area is 83.9 Å². The quantitative estimate of drug-likeness (QED) is 0.643. The molecule has 1 unspecified atom stereocenters. The maximum atomic E-state index is 5.24. The molecule has 0 fully saturated rings. The van der Waals surface area contributed by atoms with Crippen LogP contribution in [0.25, 0.3) is 0 Å². The van der Waals surface area contributed by atoms with Gasteiger partial charge in [-0.2, -0.15) is 0 Å². The first kappa shape index (κ1) is 10.1. The molecule has 0 radical (unpaired) electrons. The van der Waals surface area contributed by atoms with Crippen LogP contribution in [0.1, 0.15) is 15.7 Å². The molecule has 0 saturated heterocycles. The Kier molecular flexibility index (Phi) is 2.87. The van der Waals surface area contributed by atoms with E-state index in [2.05, 4.69) is 42.5 Å². The number of nitrogens with zero attached hydrogens (tertiary/aromatic N) is 1. The molecule has 0 aliphatic rings. The fourth-order valence-electron chi connectivity index (χ4n) is 1.01. The third-order valence-corrected chi connectivity index (χ3v) is 5.25. The summed E-state index contributed by atoms with van der Waals surface area (Å²) in [6.07, 6.45) is 0. The van der Waals surface area contributed by atoms with Gasteiger partial charge in [0, 0.05) is 0 Å². The molecule has 1 atom stereocenters. The molecule has 0 N–H and O–H groups in total. The summed E-state index contributed by atoms with van der Waals surface area (Å²) in [6, 6.07) is 2.04. The molecule has 0 amide bonds. The van der Waals surface area contributed by atoms with E-state index >= 15 is 0 Å². The Morgan fingerprint density at radius 1 is 1.50 bits per heavy atom. The van der Waals surface area contributed by atoms with Crippen molar-refractivity contribution in [1.29, 1.82) is 0 Å². The van der Waals surface area contributed by atoms with Crippen molar-refractivity contribution in [2.24, 2.45) is 0 Å². The summed E-state index contributed by atoms with van der Waals surface area (Å²) >= 11 is 2.23. The van der Waals surface area contributed by atoms with Crippen molar-refractivity contribution in [2.45, 2.75) is 30.8 Å². The average Bonchev–Trinajstić information content (AvgIpc) is 2.32. The fraction of sp³-hybridized carbons (Fsp3) is 0.625. The van der Waals surface area contributed by atoms with Crippen LogP contribution in [0, 0.1) is 6.92 Å². The molecule has 0 bridgehead atoms. The molecule has 62 valence electrons. The molecule has 2 nitrogen and oxygen atoms in total. The van der Waals surface area contributed by atoms with E-state index in [0.717, 1.165) is 11.5 Å². The van der Waals surface area contributed by atoms with Gasteiger partial charge in [0.05, 0.1) is 0 Å². The zero-order valence-electron chi connectivity index (χ0n) is 8.51. The van der Waals surface area contributed by atoms with Crippen molar-refractivity contribution in [3.63, 3.8) is 0 Å². The molecular formula is C8H14LiNOSi. The van der Waals surface area contributed by atoms with Gasteiger partial charge < -0.3 is 0 Å². The van der Waals surface area contributed by atoms with E-state index in [0.29, 0.717) is 4.21 Å². The zero-order valence-corrected chi connectivity index (χ0v) is 9.51. The molecular weight excluding hydrogens is 161 g/mol. The van der Waals surface area contributed by atoms with Crippen molar-refractivity contribution in [1.82, 2.24) is 5.16 Å². The van der Waals surface area contributed by atoms with Gasteiger partial charge in [0.2, 0.25) is 0 Å². The molecule has 12 heavy (non-hydrogen) atoms. The molecule has 0 spiro atoms. The van der Waals surface area contributed by atoms with Gasteiger partial charge in [0.15, 0.2) is 0 Å². The molecule has 1 aromatic heterocycles. The normalized spacial score (nSPS) is 14.8. The molecule has 1 rings (SSSR count). The Balaban J connectivity index is 2.85. The monoisotopic (exact) mass is 175 g/mol. The minimum atomic E-state index is -1.12. The number of aromatic nitrogens is 1. The summed E-state index contributed by atoms with van der Waals surface area (Å²) in [5.74, 6) is 1.05. The van der Waals surface area contributed by atoms with E-state index in [-0.39, 0.29) is 0 Å². The number of hydrogen-bond acceptors (Lipinski definition) is 2. The topological polar surface area (TPSA) is 26.0 Å².